The zero-order valence-electron chi connectivity index (χ0n) is 17.4. The van der Waals surface area contributed by atoms with Gasteiger partial charge in [-0.25, -0.2) is 5.43 Å². The van der Waals surface area contributed by atoms with Crippen LogP contribution in [0, 0.1) is 0 Å². The molecule has 3 N–H and O–H groups in total. The second-order valence-corrected chi connectivity index (χ2v) is 8.26. The van der Waals surface area contributed by atoms with Gasteiger partial charge in [-0.05, 0) is 53.6 Å². The van der Waals surface area contributed by atoms with Crippen LogP contribution < -0.4 is 10.7 Å². The van der Waals surface area contributed by atoms with Crippen molar-refractivity contribution in [2.45, 2.75) is 12.5 Å². The van der Waals surface area contributed by atoms with E-state index in [1.165, 1.54) is 6.21 Å². The van der Waals surface area contributed by atoms with Gasteiger partial charge in [0.25, 0.3) is 11.8 Å². The molecular weight excluding hydrogens is 459 g/mol. The van der Waals surface area contributed by atoms with Crippen molar-refractivity contribution in [3.8, 4) is 0 Å². The molecule has 0 spiro atoms. The van der Waals surface area contributed by atoms with Crippen LogP contribution in [-0.4, -0.2) is 29.1 Å². The third-order valence-corrected chi connectivity index (χ3v) is 5.59. The number of amides is 2. The lowest BCUT2D eigenvalue weighted by Crippen LogP contribution is -2.46. The van der Waals surface area contributed by atoms with Gasteiger partial charge in [0.05, 0.1) is 6.21 Å². The molecule has 0 aliphatic rings. The molecule has 0 aliphatic carbocycles. The summed E-state index contributed by atoms with van der Waals surface area (Å²) in [7, 11) is 0. The summed E-state index contributed by atoms with van der Waals surface area (Å²) in [5.41, 5.74) is 5.56. The molecule has 2 amide bonds. The second kappa shape index (κ2) is 10.3. The van der Waals surface area contributed by atoms with Crippen molar-refractivity contribution in [3.63, 3.8) is 0 Å². The number of fused-ring (bicyclic) bond motifs is 1. The fourth-order valence-electron chi connectivity index (χ4n) is 3.37. The molecule has 0 aliphatic heterocycles. The smallest absolute Gasteiger partial charge is 0.262 e. The first-order valence-corrected chi connectivity index (χ1v) is 10.9. The van der Waals surface area contributed by atoms with E-state index in [2.05, 4.69) is 20.8 Å². The highest BCUT2D eigenvalue weighted by Gasteiger charge is 2.23. The number of hydrazone groups is 1. The first-order chi connectivity index (χ1) is 16.0. The Balaban J connectivity index is 1.53. The zero-order valence-corrected chi connectivity index (χ0v) is 18.9. The number of carbonyl (C=O) groups excluding carboxylic acids is 2. The van der Waals surface area contributed by atoms with Crippen LogP contribution in [0.15, 0.2) is 84.1 Å². The van der Waals surface area contributed by atoms with E-state index in [-0.39, 0.29) is 12.3 Å². The summed E-state index contributed by atoms with van der Waals surface area (Å²) in [6, 6.07) is 20.4. The van der Waals surface area contributed by atoms with Crippen LogP contribution in [0.3, 0.4) is 0 Å². The highest BCUT2D eigenvalue weighted by molar-refractivity contribution is 6.31. The van der Waals surface area contributed by atoms with Gasteiger partial charge in [-0.1, -0.05) is 53.5 Å². The Morgan fingerprint density at radius 2 is 1.61 bits per heavy atom. The van der Waals surface area contributed by atoms with E-state index in [9.17, 15) is 9.59 Å². The molecule has 166 valence electrons. The van der Waals surface area contributed by atoms with Crippen molar-refractivity contribution < 1.29 is 9.59 Å². The molecule has 0 unspecified atom stereocenters. The maximum absolute atomic E-state index is 13.0. The van der Waals surface area contributed by atoms with Crippen molar-refractivity contribution in [2.24, 2.45) is 5.10 Å². The monoisotopic (exact) mass is 478 g/mol. The normalized spacial score (nSPS) is 12.1. The third kappa shape index (κ3) is 5.80. The van der Waals surface area contributed by atoms with Gasteiger partial charge in [-0.3, -0.25) is 9.59 Å². The second-order valence-electron chi connectivity index (χ2n) is 7.38. The molecule has 6 nitrogen and oxygen atoms in total. The topological polar surface area (TPSA) is 86.3 Å². The molecule has 1 atom stereocenters. The number of nitrogens with one attached hydrogen (secondary N) is 3. The Morgan fingerprint density at radius 3 is 2.33 bits per heavy atom. The minimum Gasteiger partial charge on any atom is -0.361 e. The number of benzene rings is 3. The fraction of sp³-hybridized carbons (Fsp3) is 0.0800. The Labute approximate surface area is 200 Å². The van der Waals surface area contributed by atoms with Crippen molar-refractivity contribution in [3.05, 3.63) is 106 Å². The van der Waals surface area contributed by atoms with Gasteiger partial charge in [0.1, 0.15) is 6.04 Å². The highest BCUT2D eigenvalue weighted by Crippen LogP contribution is 2.19. The average Bonchev–Trinajstić information content (AvgIpc) is 3.23. The van der Waals surface area contributed by atoms with Gasteiger partial charge in [-0.2, -0.15) is 5.10 Å². The number of hydrogen-bond acceptors (Lipinski definition) is 3. The van der Waals surface area contributed by atoms with Gasteiger partial charge >= 0.3 is 0 Å². The summed E-state index contributed by atoms with van der Waals surface area (Å²) in [5, 5.41) is 8.97. The van der Waals surface area contributed by atoms with E-state index in [4.69, 9.17) is 23.2 Å². The van der Waals surface area contributed by atoms with E-state index in [0.717, 1.165) is 22.0 Å². The van der Waals surface area contributed by atoms with Gasteiger partial charge in [0, 0.05) is 39.1 Å². The number of para-hydroxylation sites is 1. The summed E-state index contributed by atoms with van der Waals surface area (Å²) < 4.78 is 0. The van der Waals surface area contributed by atoms with Crippen LogP contribution in [0.25, 0.3) is 10.9 Å². The van der Waals surface area contributed by atoms with E-state index >= 15 is 0 Å². The van der Waals surface area contributed by atoms with E-state index in [1.807, 2.05) is 30.5 Å². The SMILES string of the molecule is O=C(N[C@H](Cc1c[nH]c2ccccc12)C(=O)N/N=C\c1ccc(Cl)cc1)c1ccc(Cl)cc1. The quantitative estimate of drug-likeness (QED) is 0.258. The molecule has 0 fully saturated rings. The van der Waals surface area contributed by atoms with Gasteiger partial charge in [-0.15, -0.1) is 0 Å². The Bertz CT molecular complexity index is 1300. The van der Waals surface area contributed by atoms with Gasteiger partial charge in [0.2, 0.25) is 0 Å². The van der Waals surface area contributed by atoms with Crippen LogP contribution in [0.5, 0.6) is 0 Å². The summed E-state index contributed by atoms with van der Waals surface area (Å²) in [4.78, 5) is 29.0. The molecule has 4 rings (SSSR count). The molecule has 3 aromatic carbocycles. The Kier molecular flexibility index (Phi) is 7.07. The molecule has 8 heteroatoms. The third-order valence-electron chi connectivity index (χ3n) is 5.09. The highest BCUT2D eigenvalue weighted by atomic mass is 35.5. The number of nitrogens with zero attached hydrogens (tertiary/aromatic N) is 1. The van der Waals surface area contributed by atoms with E-state index in [1.54, 1.807) is 48.5 Å². The lowest BCUT2D eigenvalue weighted by Gasteiger charge is -2.17. The van der Waals surface area contributed by atoms with Crippen LogP contribution in [0.1, 0.15) is 21.5 Å². The predicted octanol–water partition coefficient (Wildman–Crippen LogP) is 4.97. The molecule has 0 bridgehead atoms. The number of aromatic nitrogens is 1. The summed E-state index contributed by atoms with van der Waals surface area (Å²) in [6.45, 7) is 0. The largest absolute Gasteiger partial charge is 0.361 e. The minimum atomic E-state index is -0.852. The standard InChI is InChI=1S/C25H20Cl2N4O2/c26-19-9-5-16(6-10-19)14-29-31-25(33)23(30-24(32)17-7-11-20(27)12-8-17)13-18-15-28-22-4-2-1-3-21(18)22/h1-12,14-15,23,28H,13H2,(H,30,32)(H,31,33)/b29-14-/t23-/m1/s1. The molecule has 0 saturated heterocycles. The van der Waals surface area contributed by atoms with E-state index < -0.39 is 11.9 Å². The number of halogens is 2. The molecular formula is C25H20Cl2N4O2. The fourth-order valence-corrected chi connectivity index (χ4v) is 3.62. The summed E-state index contributed by atoms with van der Waals surface area (Å²) in [6.07, 6.45) is 3.64. The lowest BCUT2D eigenvalue weighted by molar-refractivity contribution is -0.122. The molecule has 1 aromatic heterocycles. The van der Waals surface area contributed by atoms with Crippen molar-refractivity contribution >= 4 is 52.1 Å². The maximum atomic E-state index is 13.0. The van der Waals surface area contributed by atoms with Crippen LogP contribution in [0.2, 0.25) is 10.0 Å². The minimum absolute atomic E-state index is 0.283. The average molecular weight is 479 g/mol. The Morgan fingerprint density at radius 1 is 0.939 bits per heavy atom. The molecule has 4 aromatic rings. The van der Waals surface area contributed by atoms with Crippen molar-refractivity contribution in [1.29, 1.82) is 0 Å². The Hall–Kier alpha value is -3.61. The van der Waals surface area contributed by atoms with Gasteiger partial charge < -0.3 is 10.3 Å². The number of H-pyrrole nitrogens is 1. The first-order valence-electron chi connectivity index (χ1n) is 10.2. The van der Waals surface area contributed by atoms with Crippen LogP contribution in [-0.2, 0) is 11.2 Å². The number of hydrogen-bond donors (Lipinski definition) is 3. The van der Waals surface area contributed by atoms with Crippen LogP contribution >= 0.6 is 23.2 Å². The predicted molar refractivity (Wildman–Crippen MR) is 132 cm³/mol. The molecule has 33 heavy (non-hydrogen) atoms. The number of rotatable bonds is 7. The maximum Gasteiger partial charge on any atom is 0.262 e. The van der Waals surface area contributed by atoms with Crippen molar-refractivity contribution in [1.82, 2.24) is 15.7 Å². The summed E-state index contributed by atoms with van der Waals surface area (Å²) in [5.74, 6) is -0.818. The number of aromatic amines is 1. The molecule has 0 saturated carbocycles. The lowest BCUT2D eigenvalue weighted by atomic mass is 10.0. The van der Waals surface area contributed by atoms with Gasteiger partial charge in [0.15, 0.2) is 0 Å². The van der Waals surface area contributed by atoms with Crippen LogP contribution in [0.4, 0.5) is 0 Å². The van der Waals surface area contributed by atoms with E-state index in [0.29, 0.717) is 15.6 Å². The number of carbonyl (C=O) groups is 2. The zero-order chi connectivity index (χ0) is 23.2. The molecule has 1 heterocycles. The van der Waals surface area contributed by atoms with Crippen molar-refractivity contribution in [2.75, 3.05) is 0 Å². The first kappa shape index (κ1) is 22.6. The summed E-state index contributed by atoms with van der Waals surface area (Å²) >= 11 is 11.8. The molecule has 0 radical (unpaired) electrons.